The minimum Gasteiger partial charge on any atom is -0.456 e. The summed E-state index contributed by atoms with van der Waals surface area (Å²) in [7, 11) is 2.09. The molecule has 0 bridgehead atoms. The van der Waals surface area contributed by atoms with Crippen LogP contribution in [-0.4, -0.2) is 7.85 Å². The van der Waals surface area contributed by atoms with E-state index in [1.54, 1.807) is 6.08 Å². The van der Waals surface area contributed by atoms with Crippen molar-refractivity contribution in [3.8, 4) is 11.1 Å². The predicted molar refractivity (Wildman–Crippen MR) is 93.9 cm³/mol. The van der Waals surface area contributed by atoms with Crippen molar-refractivity contribution in [1.29, 1.82) is 0 Å². The quantitative estimate of drug-likeness (QED) is 0.628. The van der Waals surface area contributed by atoms with E-state index in [0.717, 1.165) is 27.9 Å². The highest BCUT2D eigenvalue weighted by atomic mass is 16.3. The molecule has 0 aliphatic carbocycles. The summed E-state index contributed by atoms with van der Waals surface area (Å²) in [4.78, 5) is 0. The maximum Gasteiger partial charge on any atom is 0.136 e. The van der Waals surface area contributed by atoms with E-state index >= 15 is 0 Å². The van der Waals surface area contributed by atoms with Gasteiger partial charge in [0.15, 0.2) is 0 Å². The molecule has 1 aromatic heterocycles. The Bertz CT molecular complexity index is 821. The molecule has 3 aromatic rings. The Morgan fingerprint density at radius 2 is 1.86 bits per heavy atom. The van der Waals surface area contributed by atoms with E-state index < -0.39 is 0 Å². The van der Waals surface area contributed by atoms with Gasteiger partial charge in [-0.15, -0.1) is 5.47 Å². The molecular weight excluding hydrogens is 255 g/mol. The summed E-state index contributed by atoms with van der Waals surface area (Å²) in [5, 5.41) is 1.13. The molecule has 0 saturated heterocycles. The van der Waals surface area contributed by atoms with Gasteiger partial charge >= 0.3 is 0 Å². The lowest BCUT2D eigenvalue weighted by Crippen LogP contribution is -1.79. The molecule has 0 unspecified atom stereocenters. The minimum absolute atomic E-state index is 0.830. The lowest BCUT2D eigenvalue weighted by molar-refractivity contribution is 0.603. The lowest BCUT2D eigenvalue weighted by atomic mass is 9.94. The van der Waals surface area contributed by atoms with Gasteiger partial charge in [-0.05, 0) is 29.3 Å². The summed E-state index contributed by atoms with van der Waals surface area (Å²) in [6.07, 6.45) is 3.92. The number of benzene rings is 2. The Morgan fingerprint density at radius 3 is 2.52 bits per heavy atom. The molecule has 102 valence electrons. The van der Waals surface area contributed by atoms with Gasteiger partial charge in [0.25, 0.3) is 0 Å². The molecule has 0 spiro atoms. The second-order valence-corrected chi connectivity index (χ2v) is 5.38. The molecule has 21 heavy (non-hydrogen) atoms. The Balaban J connectivity index is 2.20. The van der Waals surface area contributed by atoms with Gasteiger partial charge in [-0.25, -0.2) is 0 Å². The van der Waals surface area contributed by atoms with Gasteiger partial charge in [-0.2, -0.15) is 0 Å². The van der Waals surface area contributed by atoms with Gasteiger partial charge < -0.3 is 4.42 Å². The maximum atomic E-state index is 5.95. The van der Waals surface area contributed by atoms with Gasteiger partial charge in [0.2, 0.25) is 0 Å². The fourth-order valence-electron chi connectivity index (χ4n) is 2.53. The zero-order valence-corrected chi connectivity index (χ0v) is 12.4. The van der Waals surface area contributed by atoms with Crippen LogP contribution in [0.25, 0.3) is 34.2 Å². The van der Waals surface area contributed by atoms with Crippen molar-refractivity contribution in [1.82, 2.24) is 0 Å². The SMILES string of the molecule is B/C(C)=C/c1c(C=C)oc2cc(-c3ccccc3)ccc12. The summed E-state index contributed by atoms with van der Waals surface area (Å²) in [5.41, 5.74) is 5.61. The molecule has 2 heteroatoms. The van der Waals surface area contributed by atoms with Crippen molar-refractivity contribution < 1.29 is 4.42 Å². The molecule has 1 heterocycles. The number of rotatable bonds is 3. The molecule has 0 N–H and O–H groups in total. The predicted octanol–water partition coefficient (Wildman–Crippen LogP) is 4.74. The number of hydrogen-bond donors (Lipinski definition) is 0. The topological polar surface area (TPSA) is 13.1 Å². The van der Waals surface area contributed by atoms with Crippen molar-refractivity contribution in [2.45, 2.75) is 6.92 Å². The molecule has 2 aromatic carbocycles. The molecule has 0 atom stereocenters. The second-order valence-electron chi connectivity index (χ2n) is 5.38. The fraction of sp³-hybridized carbons (Fsp3) is 0.0526. The Morgan fingerprint density at radius 1 is 1.10 bits per heavy atom. The molecule has 0 radical (unpaired) electrons. The van der Waals surface area contributed by atoms with Crippen LogP contribution in [0.1, 0.15) is 18.2 Å². The number of furan rings is 1. The molecule has 0 aliphatic heterocycles. The fourth-order valence-corrected chi connectivity index (χ4v) is 2.53. The van der Waals surface area contributed by atoms with Crippen LogP contribution in [0.15, 0.2) is 65.0 Å². The zero-order chi connectivity index (χ0) is 14.8. The first-order valence-corrected chi connectivity index (χ1v) is 7.08. The van der Waals surface area contributed by atoms with Crippen LogP contribution >= 0.6 is 0 Å². The zero-order valence-electron chi connectivity index (χ0n) is 12.4. The Labute approximate surface area is 126 Å². The highest BCUT2D eigenvalue weighted by Crippen LogP contribution is 2.32. The van der Waals surface area contributed by atoms with Crippen molar-refractivity contribution >= 4 is 31.0 Å². The highest BCUT2D eigenvalue weighted by Gasteiger charge is 2.11. The maximum absolute atomic E-state index is 5.95. The smallest absolute Gasteiger partial charge is 0.136 e. The van der Waals surface area contributed by atoms with Crippen molar-refractivity contribution in [3.05, 3.63) is 71.9 Å². The molecule has 0 amide bonds. The summed E-state index contributed by atoms with van der Waals surface area (Å²) < 4.78 is 5.95. The standard InChI is InChI=1S/C19H17BO/c1-3-18-17(11-13(2)20)16-10-9-15(12-19(16)21-18)14-7-5-4-6-8-14/h3-12H,1,20H2,2H3/b13-11+. The summed E-state index contributed by atoms with van der Waals surface area (Å²) in [6, 6.07) is 16.7. The lowest BCUT2D eigenvalue weighted by Gasteiger charge is -2.01. The van der Waals surface area contributed by atoms with Crippen LogP contribution in [0, 0.1) is 0 Å². The van der Waals surface area contributed by atoms with Gasteiger partial charge in [-0.1, -0.05) is 56.0 Å². The minimum atomic E-state index is 0.830. The first kappa shape index (κ1) is 13.5. The Kier molecular flexibility index (Phi) is 3.53. The van der Waals surface area contributed by atoms with E-state index in [4.69, 9.17) is 4.42 Å². The van der Waals surface area contributed by atoms with Crippen molar-refractivity contribution in [3.63, 3.8) is 0 Å². The van der Waals surface area contributed by atoms with Gasteiger partial charge in [0.1, 0.15) is 19.2 Å². The average Bonchev–Trinajstić information content (AvgIpc) is 2.84. The van der Waals surface area contributed by atoms with Crippen LogP contribution < -0.4 is 0 Å². The van der Waals surface area contributed by atoms with Gasteiger partial charge in [0.05, 0.1) is 0 Å². The van der Waals surface area contributed by atoms with Gasteiger partial charge in [-0.3, -0.25) is 0 Å². The third kappa shape index (κ3) is 2.57. The van der Waals surface area contributed by atoms with Crippen LogP contribution in [0.3, 0.4) is 0 Å². The third-order valence-corrected chi connectivity index (χ3v) is 3.48. The van der Waals surface area contributed by atoms with E-state index in [-0.39, 0.29) is 0 Å². The number of allylic oxidation sites excluding steroid dienone is 1. The average molecular weight is 272 g/mol. The molecule has 3 rings (SSSR count). The third-order valence-electron chi connectivity index (χ3n) is 3.48. The number of hydrogen-bond acceptors (Lipinski definition) is 1. The van der Waals surface area contributed by atoms with Crippen molar-refractivity contribution in [2.24, 2.45) is 0 Å². The van der Waals surface area contributed by atoms with E-state index in [0.29, 0.717) is 0 Å². The normalized spacial score (nSPS) is 11.8. The molecular formula is C19H17BO. The molecule has 0 saturated carbocycles. The highest BCUT2D eigenvalue weighted by molar-refractivity contribution is 6.24. The van der Waals surface area contributed by atoms with Gasteiger partial charge in [0, 0.05) is 10.9 Å². The summed E-state index contributed by atoms with van der Waals surface area (Å²) in [5.74, 6) is 0.830. The molecule has 0 fully saturated rings. The van der Waals surface area contributed by atoms with Crippen LogP contribution in [0.4, 0.5) is 0 Å². The first-order valence-electron chi connectivity index (χ1n) is 7.08. The van der Waals surface area contributed by atoms with Crippen molar-refractivity contribution in [2.75, 3.05) is 0 Å². The van der Waals surface area contributed by atoms with E-state index in [2.05, 4.69) is 57.8 Å². The number of fused-ring (bicyclic) bond motifs is 1. The van der Waals surface area contributed by atoms with E-state index in [1.165, 1.54) is 11.0 Å². The van der Waals surface area contributed by atoms with E-state index in [1.807, 2.05) is 18.2 Å². The first-order chi connectivity index (χ1) is 10.2. The monoisotopic (exact) mass is 272 g/mol. The van der Waals surface area contributed by atoms with Crippen LogP contribution in [0.5, 0.6) is 0 Å². The summed E-state index contributed by atoms with van der Waals surface area (Å²) >= 11 is 0. The largest absolute Gasteiger partial charge is 0.456 e. The molecule has 0 aliphatic rings. The Hall–Kier alpha value is -2.48. The molecule has 1 nitrogen and oxygen atoms in total. The van der Waals surface area contributed by atoms with Crippen LogP contribution in [-0.2, 0) is 0 Å². The van der Waals surface area contributed by atoms with Crippen LogP contribution in [0.2, 0.25) is 0 Å². The van der Waals surface area contributed by atoms with E-state index in [9.17, 15) is 0 Å². The summed E-state index contributed by atoms with van der Waals surface area (Å²) in [6.45, 7) is 5.94. The second kappa shape index (κ2) is 5.49.